The van der Waals surface area contributed by atoms with Crippen molar-refractivity contribution in [2.75, 3.05) is 0 Å². The maximum Gasteiger partial charge on any atom is 0.303 e. The van der Waals surface area contributed by atoms with Gasteiger partial charge in [-0.15, -0.1) is 0 Å². The fourth-order valence-electron chi connectivity index (χ4n) is 9.31. The molecule has 174 valence electrons. The molecule has 2 saturated carbocycles. The van der Waals surface area contributed by atoms with Crippen LogP contribution >= 0.6 is 0 Å². The van der Waals surface area contributed by atoms with Crippen LogP contribution in [0.4, 0.5) is 0 Å². The summed E-state index contributed by atoms with van der Waals surface area (Å²) in [4.78, 5) is 20.7. The van der Waals surface area contributed by atoms with Gasteiger partial charge in [0.25, 0.3) is 0 Å². The molecule has 2 fully saturated rings. The van der Waals surface area contributed by atoms with E-state index in [1.165, 1.54) is 43.5 Å². The average molecular weight is 437 g/mol. The SMILES string of the molecule is C[C@H](CCC(=O)O)[C@H]1CC[C@H]2[C@@H]3CC=C4C(C)(C)c5nccnc5C[C@]4(C)[C@H]3CC[C@]12C. The monoisotopic (exact) mass is 436 g/mol. The molecule has 1 aromatic rings. The van der Waals surface area contributed by atoms with E-state index in [0.717, 1.165) is 24.7 Å². The summed E-state index contributed by atoms with van der Waals surface area (Å²) >= 11 is 0. The van der Waals surface area contributed by atoms with Crippen molar-refractivity contribution in [3.8, 4) is 0 Å². The van der Waals surface area contributed by atoms with E-state index in [0.29, 0.717) is 29.6 Å². The lowest BCUT2D eigenvalue weighted by Gasteiger charge is -2.60. The highest BCUT2D eigenvalue weighted by Gasteiger charge is 2.61. The van der Waals surface area contributed by atoms with Crippen LogP contribution in [0.5, 0.6) is 0 Å². The number of rotatable bonds is 4. The average Bonchev–Trinajstić information content (AvgIpc) is 3.09. The fraction of sp³-hybridized carbons (Fsp3) is 0.750. The fourth-order valence-corrected chi connectivity index (χ4v) is 9.31. The number of aliphatic carboxylic acids is 1. The zero-order valence-electron chi connectivity index (χ0n) is 20.5. The van der Waals surface area contributed by atoms with Crippen LogP contribution in [0.2, 0.25) is 0 Å². The largest absolute Gasteiger partial charge is 0.481 e. The highest BCUT2D eigenvalue weighted by Crippen LogP contribution is 2.68. The van der Waals surface area contributed by atoms with Crippen molar-refractivity contribution < 1.29 is 9.90 Å². The van der Waals surface area contributed by atoms with E-state index in [1.807, 2.05) is 12.4 Å². The first-order valence-corrected chi connectivity index (χ1v) is 12.8. The van der Waals surface area contributed by atoms with Gasteiger partial charge in [-0.05, 0) is 78.9 Å². The lowest BCUT2D eigenvalue weighted by atomic mass is 9.44. The third kappa shape index (κ3) is 3.04. The standard InChI is InChI=1S/C28H40N2O2/c1-17(6-11-24(31)32)19-8-9-20-18-7-10-23-26(2,3)25-22(29-14-15-30-25)16-28(23,5)21(18)12-13-27(19,20)4/h10,14-15,17-21H,6-9,11-13,16H2,1-5H3,(H,31,32)/t17-,18+,19-,20+,21+,27-,28-/m1/s1. The van der Waals surface area contributed by atoms with Crippen molar-refractivity contribution in [3.05, 3.63) is 35.4 Å². The number of fused-ring (bicyclic) bond motifs is 6. The Labute approximate surface area is 193 Å². The minimum absolute atomic E-state index is 0.0497. The first-order valence-electron chi connectivity index (χ1n) is 12.8. The Balaban J connectivity index is 1.45. The summed E-state index contributed by atoms with van der Waals surface area (Å²) in [5.74, 6) is 2.73. The molecular weight excluding hydrogens is 396 g/mol. The molecule has 1 heterocycles. The highest BCUT2D eigenvalue weighted by atomic mass is 16.4. The smallest absolute Gasteiger partial charge is 0.303 e. The van der Waals surface area contributed by atoms with Crippen LogP contribution in [-0.4, -0.2) is 21.0 Å². The van der Waals surface area contributed by atoms with Crippen LogP contribution in [0.1, 0.15) is 91.0 Å². The van der Waals surface area contributed by atoms with Gasteiger partial charge in [-0.3, -0.25) is 14.8 Å². The number of aromatic nitrogens is 2. The maximum absolute atomic E-state index is 11.2. The van der Waals surface area contributed by atoms with Gasteiger partial charge >= 0.3 is 5.97 Å². The third-order valence-electron chi connectivity index (χ3n) is 10.6. The summed E-state index contributed by atoms with van der Waals surface area (Å²) in [6, 6.07) is 0. The van der Waals surface area contributed by atoms with E-state index in [-0.39, 0.29) is 10.8 Å². The molecule has 32 heavy (non-hydrogen) atoms. The van der Waals surface area contributed by atoms with Crippen molar-refractivity contribution in [1.82, 2.24) is 9.97 Å². The molecule has 4 nitrogen and oxygen atoms in total. The Bertz CT molecular complexity index is 953. The van der Waals surface area contributed by atoms with E-state index < -0.39 is 5.97 Å². The summed E-state index contributed by atoms with van der Waals surface area (Å²) < 4.78 is 0. The van der Waals surface area contributed by atoms with Crippen LogP contribution in [-0.2, 0) is 16.6 Å². The zero-order chi connectivity index (χ0) is 22.9. The van der Waals surface area contributed by atoms with Crippen LogP contribution < -0.4 is 0 Å². The van der Waals surface area contributed by atoms with Crippen molar-refractivity contribution in [3.63, 3.8) is 0 Å². The van der Waals surface area contributed by atoms with Crippen LogP contribution in [0.15, 0.2) is 24.0 Å². The normalized spacial score (nSPS) is 40.3. The van der Waals surface area contributed by atoms with E-state index in [1.54, 1.807) is 5.57 Å². The molecule has 1 N–H and O–H groups in total. The summed E-state index contributed by atoms with van der Waals surface area (Å²) in [5.41, 5.74) is 4.47. The third-order valence-corrected chi connectivity index (χ3v) is 10.6. The molecule has 1 aromatic heterocycles. The van der Waals surface area contributed by atoms with Gasteiger partial charge in [-0.25, -0.2) is 0 Å². The van der Waals surface area contributed by atoms with E-state index in [2.05, 4.69) is 40.7 Å². The molecule has 5 rings (SSSR count). The number of hydrogen-bond donors (Lipinski definition) is 1. The quantitative estimate of drug-likeness (QED) is 0.570. The minimum Gasteiger partial charge on any atom is -0.481 e. The Morgan fingerprint density at radius 2 is 1.88 bits per heavy atom. The molecule has 0 saturated heterocycles. The predicted octanol–water partition coefficient (Wildman–Crippen LogP) is 6.21. The Kier molecular flexibility index (Phi) is 5.11. The molecule has 7 atom stereocenters. The van der Waals surface area contributed by atoms with Crippen LogP contribution in [0.3, 0.4) is 0 Å². The number of allylic oxidation sites excluding steroid dienone is 2. The number of carboxylic acid groups (broad SMARTS) is 1. The second-order valence-corrected chi connectivity index (χ2v) is 12.4. The molecule has 0 amide bonds. The molecular formula is C28H40N2O2. The van der Waals surface area contributed by atoms with E-state index in [9.17, 15) is 9.90 Å². The molecule has 0 aromatic carbocycles. The molecule has 4 aliphatic rings. The Morgan fingerprint density at radius 1 is 1.12 bits per heavy atom. The maximum atomic E-state index is 11.2. The van der Waals surface area contributed by atoms with E-state index in [4.69, 9.17) is 9.97 Å². The van der Waals surface area contributed by atoms with Crippen molar-refractivity contribution in [2.45, 2.75) is 91.4 Å². The van der Waals surface area contributed by atoms with Gasteiger partial charge in [-0.1, -0.05) is 46.3 Å². The molecule has 0 bridgehead atoms. The van der Waals surface area contributed by atoms with E-state index >= 15 is 0 Å². The Morgan fingerprint density at radius 3 is 2.62 bits per heavy atom. The second kappa shape index (κ2) is 7.40. The summed E-state index contributed by atoms with van der Waals surface area (Å²) in [6.45, 7) is 12.1. The zero-order valence-corrected chi connectivity index (χ0v) is 20.5. The molecule has 0 unspecified atom stereocenters. The predicted molar refractivity (Wildman–Crippen MR) is 126 cm³/mol. The van der Waals surface area contributed by atoms with Gasteiger partial charge in [0, 0.05) is 30.7 Å². The van der Waals surface area contributed by atoms with Crippen molar-refractivity contribution in [2.24, 2.45) is 40.4 Å². The summed E-state index contributed by atoms with van der Waals surface area (Å²) in [5, 5.41) is 9.19. The number of carbonyl (C=O) groups is 1. The number of hydrogen-bond acceptors (Lipinski definition) is 3. The Hall–Kier alpha value is -1.71. The van der Waals surface area contributed by atoms with Gasteiger partial charge in [0.15, 0.2) is 0 Å². The lowest BCUT2D eigenvalue weighted by Crippen LogP contribution is -2.54. The van der Waals surface area contributed by atoms with Gasteiger partial charge in [0.2, 0.25) is 0 Å². The lowest BCUT2D eigenvalue weighted by molar-refractivity contribution is -0.137. The molecule has 4 heteroatoms. The van der Waals surface area contributed by atoms with Gasteiger partial charge in [-0.2, -0.15) is 0 Å². The molecule has 0 spiro atoms. The van der Waals surface area contributed by atoms with Gasteiger partial charge in [0.1, 0.15) is 0 Å². The van der Waals surface area contributed by atoms with Crippen LogP contribution in [0, 0.1) is 40.4 Å². The van der Waals surface area contributed by atoms with Gasteiger partial charge < -0.3 is 5.11 Å². The molecule has 0 radical (unpaired) electrons. The first-order chi connectivity index (χ1) is 15.1. The van der Waals surface area contributed by atoms with Crippen molar-refractivity contribution >= 4 is 5.97 Å². The number of carboxylic acids is 1. The molecule has 0 aliphatic heterocycles. The molecule has 4 aliphatic carbocycles. The highest BCUT2D eigenvalue weighted by molar-refractivity contribution is 5.66. The van der Waals surface area contributed by atoms with Gasteiger partial charge in [0.05, 0.1) is 11.4 Å². The summed E-state index contributed by atoms with van der Waals surface area (Å²) in [6.07, 6.45) is 14.8. The van der Waals surface area contributed by atoms with Crippen molar-refractivity contribution in [1.29, 1.82) is 0 Å². The first kappa shape index (κ1) is 22.1. The topological polar surface area (TPSA) is 63.1 Å². The van der Waals surface area contributed by atoms with Crippen LogP contribution in [0.25, 0.3) is 0 Å². The number of nitrogens with zero attached hydrogens (tertiary/aromatic N) is 2. The second-order valence-electron chi connectivity index (χ2n) is 12.4. The minimum atomic E-state index is -0.651. The summed E-state index contributed by atoms with van der Waals surface area (Å²) in [7, 11) is 0.